The minimum Gasteiger partial charge on any atom is -0.465 e. The smallest absolute Gasteiger partial charge is 0.340 e. The van der Waals surface area contributed by atoms with Crippen molar-refractivity contribution in [3.05, 3.63) is 29.3 Å². The molecule has 0 N–H and O–H groups in total. The maximum absolute atomic E-state index is 11.5. The van der Waals surface area contributed by atoms with Gasteiger partial charge in [-0.1, -0.05) is 13.0 Å². The fourth-order valence-electron chi connectivity index (χ4n) is 1.21. The van der Waals surface area contributed by atoms with E-state index in [2.05, 4.69) is 4.74 Å². The van der Waals surface area contributed by atoms with Gasteiger partial charge in [-0.3, -0.25) is 0 Å². The van der Waals surface area contributed by atoms with E-state index in [1.165, 1.54) is 18.9 Å². The molecule has 1 aromatic carbocycles. The minimum absolute atomic E-state index is 0.361. The molecule has 0 unspecified atom stereocenters. The van der Waals surface area contributed by atoms with Gasteiger partial charge in [0.2, 0.25) is 0 Å². The first-order valence-electron chi connectivity index (χ1n) is 4.48. The first-order valence-corrected chi connectivity index (χ1v) is 5.47. The molecule has 0 atom stereocenters. The summed E-state index contributed by atoms with van der Waals surface area (Å²) in [5.74, 6) is 0.391. The Labute approximate surface area is 93.0 Å². The third kappa shape index (κ3) is 2.51. The number of carbonyl (C=O) groups excluding carboxylic acids is 1. The fourth-order valence-corrected chi connectivity index (χ4v) is 2.04. The lowest BCUT2D eigenvalue weighted by Gasteiger charge is -2.07. The molecular weight excluding hydrogens is 210 g/mol. The molecule has 1 rings (SSSR count). The van der Waals surface area contributed by atoms with Crippen molar-refractivity contribution in [1.29, 1.82) is 5.26 Å². The number of hydrogen-bond acceptors (Lipinski definition) is 4. The van der Waals surface area contributed by atoms with E-state index in [0.29, 0.717) is 11.1 Å². The predicted molar refractivity (Wildman–Crippen MR) is 58.9 cm³/mol. The van der Waals surface area contributed by atoms with E-state index in [1.54, 1.807) is 12.1 Å². The Bertz CT molecular complexity index is 410. The van der Waals surface area contributed by atoms with Crippen LogP contribution in [0.2, 0.25) is 0 Å². The molecule has 0 aliphatic rings. The van der Waals surface area contributed by atoms with Crippen LogP contribution in [0.4, 0.5) is 0 Å². The number of benzene rings is 1. The molecule has 0 saturated heterocycles. The summed E-state index contributed by atoms with van der Waals surface area (Å²) < 4.78 is 4.66. The monoisotopic (exact) mass is 221 g/mol. The van der Waals surface area contributed by atoms with Gasteiger partial charge in [-0.2, -0.15) is 5.26 Å². The van der Waals surface area contributed by atoms with E-state index >= 15 is 0 Å². The molecular formula is C11H11NO2S. The quantitative estimate of drug-likeness (QED) is 0.581. The molecule has 4 heteroatoms. The van der Waals surface area contributed by atoms with Crippen LogP contribution in [0.3, 0.4) is 0 Å². The van der Waals surface area contributed by atoms with Gasteiger partial charge in [-0.25, -0.2) is 4.79 Å². The SMILES string of the molecule is CCSc1cccc(C#N)c1C(=O)OC. The zero-order valence-corrected chi connectivity index (χ0v) is 9.43. The highest BCUT2D eigenvalue weighted by Crippen LogP contribution is 2.25. The summed E-state index contributed by atoms with van der Waals surface area (Å²) in [6, 6.07) is 7.20. The van der Waals surface area contributed by atoms with Gasteiger partial charge in [0.25, 0.3) is 0 Å². The van der Waals surface area contributed by atoms with E-state index in [0.717, 1.165) is 10.6 Å². The topological polar surface area (TPSA) is 50.1 Å². The van der Waals surface area contributed by atoms with Crippen molar-refractivity contribution in [2.24, 2.45) is 0 Å². The van der Waals surface area contributed by atoms with Crippen molar-refractivity contribution in [3.8, 4) is 6.07 Å². The Morgan fingerprint density at radius 1 is 1.60 bits per heavy atom. The third-order valence-corrected chi connectivity index (χ3v) is 2.78. The zero-order valence-electron chi connectivity index (χ0n) is 8.61. The van der Waals surface area contributed by atoms with Crippen LogP contribution in [0, 0.1) is 11.3 Å². The number of ether oxygens (including phenoxy) is 1. The first kappa shape index (κ1) is 11.6. The highest BCUT2D eigenvalue weighted by Gasteiger charge is 2.16. The molecule has 0 amide bonds. The number of rotatable bonds is 3. The van der Waals surface area contributed by atoms with Crippen LogP contribution in [0.1, 0.15) is 22.8 Å². The lowest BCUT2D eigenvalue weighted by molar-refractivity contribution is 0.0596. The summed E-state index contributed by atoms with van der Waals surface area (Å²) in [4.78, 5) is 12.3. The maximum Gasteiger partial charge on any atom is 0.340 e. The highest BCUT2D eigenvalue weighted by atomic mass is 32.2. The van der Waals surface area contributed by atoms with Crippen molar-refractivity contribution in [1.82, 2.24) is 0 Å². The van der Waals surface area contributed by atoms with Gasteiger partial charge < -0.3 is 4.74 Å². The van der Waals surface area contributed by atoms with Crippen LogP contribution in [0.15, 0.2) is 23.1 Å². The molecule has 0 fully saturated rings. The standard InChI is InChI=1S/C11H11NO2S/c1-3-15-9-6-4-5-8(7-12)10(9)11(13)14-2/h4-6H,3H2,1-2H3. The van der Waals surface area contributed by atoms with Crippen LogP contribution in [-0.2, 0) is 4.74 Å². The van der Waals surface area contributed by atoms with Gasteiger partial charge >= 0.3 is 5.97 Å². The molecule has 0 bridgehead atoms. The van der Waals surface area contributed by atoms with Crippen molar-refractivity contribution in [2.75, 3.05) is 12.9 Å². The first-order chi connectivity index (χ1) is 7.24. The molecule has 0 saturated carbocycles. The van der Waals surface area contributed by atoms with Crippen LogP contribution in [0.5, 0.6) is 0 Å². The maximum atomic E-state index is 11.5. The number of esters is 1. The van der Waals surface area contributed by atoms with E-state index in [-0.39, 0.29) is 0 Å². The summed E-state index contributed by atoms with van der Waals surface area (Å²) in [5.41, 5.74) is 0.731. The lowest BCUT2D eigenvalue weighted by atomic mass is 10.1. The van der Waals surface area contributed by atoms with Gasteiger partial charge in [0.05, 0.1) is 18.2 Å². The van der Waals surface area contributed by atoms with Crippen LogP contribution in [0.25, 0.3) is 0 Å². The summed E-state index contributed by atoms with van der Waals surface area (Å²) >= 11 is 1.52. The minimum atomic E-state index is -0.455. The van der Waals surface area contributed by atoms with Gasteiger partial charge in [0, 0.05) is 4.90 Å². The van der Waals surface area contributed by atoms with Crippen molar-refractivity contribution < 1.29 is 9.53 Å². The second kappa shape index (κ2) is 5.42. The molecule has 0 heterocycles. The van der Waals surface area contributed by atoms with E-state index < -0.39 is 5.97 Å². The average Bonchev–Trinajstić information content (AvgIpc) is 2.28. The Balaban J connectivity index is 3.28. The lowest BCUT2D eigenvalue weighted by Crippen LogP contribution is -2.06. The van der Waals surface area contributed by atoms with Crippen molar-refractivity contribution >= 4 is 17.7 Å². The predicted octanol–water partition coefficient (Wildman–Crippen LogP) is 2.46. The number of hydrogen-bond donors (Lipinski definition) is 0. The Morgan fingerprint density at radius 2 is 2.33 bits per heavy atom. The largest absolute Gasteiger partial charge is 0.465 e. The molecule has 0 spiro atoms. The summed E-state index contributed by atoms with van der Waals surface area (Å²) in [7, 11) is 1.32. The van der Waals surface area contributed by atoms with Crippen LogP contribution < -0.4 is 0 Å². The van der Waals surface area contributed by atoms with E-state index in [4.69, 9.17) is 5.26 Å². The number of methoxy groups -OCH3 is 1. The Hall–Kier alpha value is -1.47. The van der Waals surface area contributed by atoms with Crippen LogP contribution >= 0.6 is 11.8 Å². The van der Waals surface area contributed by atoms with E-state index in [9.17, 15) is 4.79 Å². The zero-order chi connectivity index (χ0) is 11.3. The average molecular weight is 221 g/mol. The molecule has 0 aromatic heterocycles. The Kier molecular flexibility index (Phi) is 4.19. The van der Waals surface area contributed by atoms with Gasteiger partial charge in [0.15, 0.2) is 0 Å². The molecule has 78 valence electrons. The van der Waals surface area contributed by atoms with Gasteiger partial charge in [0.1, 0.15) is 6.07 Å². The number of carbonyl (C=O) groups is 1. The summed E-state index contributed by atoms with van der Waals surface area (Å²) in [6.07, 6.45) is 0. The molecule has 15 heavy (non-hydrogen) atoms. The van der Waals surface area contributed by atoms with Crippen LogP contribution in [-0.4, -0.2) is 18.8 Å². The third-order valence-electron chi connectivity index (χ3n) is 1.84. The molecule has 1 aromatic rings. The molecule has 0 aliphatic heterocycles. The fraction of sp³-hybridized carbons (Fsp3) is 0.273. The second-order valence-electron chi connectivity index (χ2n) is 2.72. The summed E-state index contributed by atoms with van der Waals surface area (Å²) in [6.45, 7) is 1.99. The van der Waals surface area contributed by atoms with Gasteiger partial charge in [-0.15, -0.1) is 11.8 Å². The molecule has 0 aliphatic carbocycles. The normalized spacial score (nSPS) is 9.40. The number of thioether (sulfide) groups is 1. The van der Waals surface area contributed by atoms with Crippen molar-refractivity contribution in [2.45, 2.75) is 11.8 Å². The molecule has 0 radical (unpaired) electrons. The Morgan fingerprint density at radius 3 is 2.87 bits per heavy atom. The number of nitriles is 1. The summed E-state index contributed by atoms with van der Waals surface area (Å²) in [5, 5.41) is 8.89. The van der Waals surface area contributed by atoms with Crippen molar-refractivity contribution in [3.63, 3.8) is 0 Å². The second-order valence-corrected chi connectivity index (χ2v) is 4.02. The van der Waals surface area contributed by atoms with E-state index in [1.807, 2.05) is 19.1 Å². The highest BCUT2D eigenvalue weighted by molar-refractivity contribution is 7.99. The number of nitrogens with zero attached hydrogens (tertiary/aromatic N) is 1. The molecule has 3 nitrogen and oxygen atoms in total. The van der Waals surface area contributed by atoms with Gasteiger partial charge in [-0.05, 0) is 17.9 Å².